The summed E-state index contributed by atoms with van der Waals surface area (Å²) >= 11 is 0. The Balaban J connectivity index is 0. The molecule has 1 fully saturated rings. The molecule has 0 N–H and O–H groups in total. The van der Waals surface area contributed by atoms with Crippen molar-refractivity contribution < 1.29 is 9.63 Å². The predicted octanol–water partition coefficient (Wildman–Crippen LogP) is 4.49. The Morgan fingerprint density at radius 1 is 1.14 bits per heavy atom. The van der Waals surface area contributed by atoms with Crippen molar-refractivity contribution in [3.8, 4) is 0 Å². The molecule has 0 radical (unpaired) electrons. The van der Waals surface area contributed by atoms with Crippen LogP contribution in [0.2, 0.25) is 0 Å². The Labute approximate surface area is 131 Å². The van der Waals surface area contributed by atoms with Crippen LogP contribution in [-0.2, 0) is 9.63 Å². The van der Waals surface area contributed by atoms with Crippen molar-refractivity contribution in [2.75, 3.05) is 19.7 Å². The maximum Gasteiger partial charge on any atom is 0.222 e. The van der Waals surface area contributed by atoms with Gasteiger partial charge >= 0.3 is 0 Å². The van der Waals surface area contributed by atoms with Gasteiger partial charge < -0.3 is 9.74 Å². The van der Waals surface area contributed by atoms with E-state index in [0.717, 1.165) is 44.0 Å². The third kappa shape index (κ3) is 12.4. The third-order valence-corrected chi connectivity index (χ3v) is 3.01. The number of amides is 1. The van der Waals surface area contributed by atoms with Gasteiger partial charge in [-0.25, -0.2) is 0 Å². The SMILES string of the molecule is CC.CC.CC(C)=NOCCCC(=O)N1CCC(C)CC1. The van der Waals surface area contributed by atoms with E-state index in [1.165, 1.54) is 0 Å². The van der Waals surface area contributed by atoms with Gasteiger partial charge in [-0.3, -0.25) is 4.79 Å². The quantitative estimate of drug-likeness (QED) is 0.426. The molecule has 21 heavy (non-hydrogen) atoms. The van der Waals surface area contributed by atoms with Crippen LogP contribution in [0, 0.1) is 5.92 Å². The first-order valence-corrected chi connectivity index (χ1v) is 8.50. The van der Waals surface area contributed by atoms with E-state index >= 15 is 0 Å². The third-order valence-electron chi connectivity index (χ3n) is 3.01. The van der Waals surface area contributed by atoms with Crippen LogP contribution in [0.1, 0.15) is 74.1 Å². The van der Waals surface area contributed by atoms with E-state index in [1.54, 1.807) is 0 Å². The van der Waals surface area contributed by atoms with E-state index in [-0.39, 0.29) is 5.91 Å². The van der Waals surface area contributed by atoms with Crippen molar-refractivity contribution in [2.45, 2.75) is 74.1 Å². The van der Waals surface area contributed by atoms with Crippen LogP contribution in [-0.4, -0.2) is 36.2 Å². The van der Waals surface area contributed by atoms with Gasteiger partial charge in [0.15, 0.2) is 0 Å². The van der Waals surface area contributed by atoms with Gasteiger partial charge in [0.05, 0.1) is 5.71 Å². The molecule has 0 aromatic heterocycles. The molecule has 0 atom stereocenters. The number of carbonyl (C=O) groups is 1. The summed E-state index contributed by atoms with van der Waals surface area (Å²) in [6, 6.07) is 0. The van der Waals surface area contributed by atoms with Crippen LogP contribution in [0.3, 0.4) is 0 Å². The number of carbonyl (C=O) groups excluding carboxylic acids is 1. The standard InChI is InChI=1S/C13H24N2O2.2C2H6/c1-11(2)14-17-10-4-5-13(16)15-8-6-12(3)7-9-15;2*1-2/h12H,4-10H2,1-3H3;2*1-2H3. The van der Waals surface area contributed by atoms with Crippen molar-refractivity contribution in [1.82, 2.24) is 4.90 Å². The first kappa shape index (κ1) is 22.2. The molecule has 0 spiro atoms. The summed E-state index contributed by atoms with van der Waals surface area (Å²) in [6.07, 6.45) is 3.61. The maximum atomic E-state index is 11.8. The van der Waals surface area contributed by atoms with E-state index in [1.807, 2.05) is 46.4 Å². The first-order chi connectivity index (χ1) is 10.1. The molecular formula is C17H36N2O2. The summed E-state index contributed by atoms with van der Waals surface area (Å²) in [5.74, 6) is 1.03. The van der Waals surface area contributed by atoms with E-state index in [0.29, 0.717) is 13.0 Å². The summed E-state index contributed by atoms with van der Waals surface area (Å²) in [5, 5.41) is 3.84. The van der Waals surface area contributed by atoms with Gasteiger partial charge in [0.25, 0.3) is 0 Å². The average molecular weight is 300 g/mol. The average Bonchev–Trinajstić information content (AvgIpc) is 2.51. The molecule has 0 bridgehead atoms. The molecule has 0 aromatic carbocycles. The number of rotatable bonds is 5. The van der Waals surface area contributed by atoms with Crippen LogP contribution in [0.25, 0.3) is 0 Å². The molecule has 1 rings (SSSR count). The van der Waals surface area contributed by atoms with E-state index in [2.05, 4.69) is 12.1 Å². The minimum Gasteiger partial charge on any atom is -0.396 e. The van der Waals surface area contributed by atoms with Gasteiger partial charge in [-0.1, -0.05) is 39.8 Å². The number of likely N-dealkylation sites (tertiary alicyclic amines) is 1. The lowest BCUT2D eigenvalue weighted by molar-refractivity contribution is -0.132. The highest BCUT2D eigenvalue weighted by molar-refractivity contribution is 5.78. The molecule has 126 valence electrons. The Kier molecular flexibility index (Phi) is 16.2. The number of hydrogen-bond acceptors (Lipinski definition) is 3. The zero-order chi connectivity index (χ0) is 16.7. The van der Waals surface area contributed by atoms with Crippen molar-refractivity contribution >= 4 is 11.6 Å². The zero-order valence-electron chi connectivity index (χ0n) is 15.2. The molecule has 1 saturated heterocycles. The van der Waals surface area contributed by atoms with E-state index < -0.39 is 0 Å². The van der Waals surface area contributed by atoms with Crippen LogP contribution in [0.4, 0.5) is 0 Å². The normalized spacial score (nSPS) is 14.1. The van der Waals surface area contributed by atoms with Gasteiger partial charge in [-0.15, -0.1) is 0 Å². The minimum absolute atomic E-state index is 0.262. The Morgan fingerprint density at radius 3 is 2.14 bits per heavy atom. The second-order valence-corrected chi connectivity index (χ2v) is 5.04. The smallest absolute Gasteiger partial charge is 0.222 e. The summed E-state index contributed by atoms with van der Waals surface area (Å²) < 4.78 is 0. The highest BCUT2D eigenvalue weighted by Crippen LogP contribution is 2.16. The van der Waals surface area contributed by atoms with Crippen LogP contribution in [0.5, 0.6) is 0 Å². The van der Waals surface area contributed by atoms with Crippen molar-refractivity contribution in [1.29, 1.82) is 0 Å². The summed E-state index contributed by atoms with van der Waals surface area (Å²) in [5.41, 5.74) is 0.904. The molecule has 0 aliphatic carbocycles. The van der Waals surface area contributed by atoms with Crippen LogP contribution < -0.4 is 0 Å². The molecule has 0 unspecified atom stereocenters. The summed E-state index contributed by atoms with van der Waals surface area (Å²) in [6.45, 7) is 16.4. The molecular weight excluding hydrogens is 264 g/mol. The Bertz CT molecular complexity index is 266. The number of hydrogen-bond donors (Lipinski definition) is 0. The molecule has 4 heteroatoms. The summed E-state index contributed by atoms with van der Waals surface area (Å²) in [7, 11) is 0. The van der Waals surface area contributed by atoms with Crippen LogP contribution in [0.15, 0.2) is 5.16 Å². The van der Waals surface area contributed by atoms with E-state index in [4.69, 9.17) is 4.84 Å². The van der Waals surface area contributed by atoms with Gasteiger partial charge in [-0.05, 0) is 39.0 Å². The number of oxime groups is 1. The lowest BCUT2D eigenvalue weighted by Gasteiger charge is -2.30. The molecule has 1 amide bonds. The molecule has 1 aliphatic rings. The number of nitrogens with zero attached hydrogens (tertiary/aromatic N) is 2. The molecule has 0 saturated carbocycles. The second kappa shape index (κ2) is 15.3. The molecule has 0 aromatic rings. The fourth-order valence-electron chi connectivity index (χ4n) is 1.88. The fourth-order valence-corrected chi connectivity index (χ4v) is 1.88. The first-order valence-electron chi connectivity index (χ1n) is 8.50. The molecule has 1 aliphatic heterocycles. The van der Waals surface area contributed by atoms with E-state index in [9.17, 15) is 4.79 Å². The number of piperidine rings is 1. The van der Waals surface area contributed by atoms with Gasteiger partial charge in [0.2, 0.25) is 5.91 Å². The lowest BCUT2D eigenvalue weighted by atomic mass is 9.99. The Hall–Kier alpha value is -1.06. The highest BCUT2D eigenvalue weighted by atomic mass is 16.6. The lowest BCUT2D eigenvalue weighted by Crippen LogP contribution is -2.37. The monoisotopic (exact) mass is 300 g/mol. The van der Waals surface area contributed by atoms with Gasteiger partial charge in [0.1, 0.15) is 6.61 Å². The van der Waals surface area contributed by atoms with Gasteiger partial charge in [-0.2, -0.15) is 0 Å². The second-order valence-electron chi connectivity index (χ2n) is 5.04. The largest absolute Gasteiger partial charge is 0.396 e. The maximum absolute atomic E-state index is 11.8. The van der Waals surface area contributed by atoms with Crippen molar-refractivity contribution in [2.24, 2.45) is 11.1 Å². The fraction of sp³-hybridized carbons (Fsp3) is 0.882. The minimum atomic E-state index is 0.262. The molecule has 1 heterocycles. The molecule has 4 nitrogen and oxygen atoms in total. The van der Waals surface area contributed by atoms with Crippen molar-refractivity contribution in [3.63, 3.8) is 0 Å². The Morgan fingerprint density at radius 2 is 1.67 bits per heavy atom. The topological polar surface area (TPSA) is 41.9 Å². The predicted molar refractivity (Wildman–Crippen MR) is 91.6 cm³/mol. The highest BCUT2D eigenvalue weighted by Gasteiger charge is 2.19. The van der Waals surface area contributed by atoms with Gasteiger partial charge in [0, 0.05) is 19.5 Å². The van der Waals surface area contributed by atoms with Crippen molar-refractivity contribution in [3.05, 3.63) is 0 Å². The van der Waals surface area contributed by atoms with Crippen LogP contribution >= 0.6 is 0 Å². The zero-order valence-corrected chi connectivity index (χ0v) is 15.2. The summed E-state index contributed by atoms with van der Waals surface area (Å²) in [4.78, 5) is 18.9.